The molecule has 0 radical (unpaired) electrons. The first-order valence-corrected chi connectivity index (χ1v) is 8.62. The van der Waals surface area contributed by atoms with Crippen molar-refractivity contribution in [2.75, 3.05) is 16.6 Å². The standard InChI is InChI=1S/C13H14N2O3S2/c1-9-13(10(2)18-14-9)20(16,17)15-7-8-19-12-6-4-3-5-11(12)15/h3-6H,7-8H2,1-2H3. The monoisotopic (exact) mass is 310 g/mol. The molecule has 1 aliphatic rings. The third-order valence-electron chi connectivity index (χ3n) is 3.20. The van der Waals surface area contributed by atoms with Crippen molar-refractivity contribution in [1.82, 2.24) is 5.16 Å². The minimum atomic E-state index is -3.63. The second kappa shape index (κ2) is 4.82. The average molecular weight is 310 g/mol. The molecule has 0 saturated carbocycles. The van der Waals surface area contributed by atoms with Crippen molar-refractivity contribution in [3.8, 4) is 0 Å². The number of rotatable bonds is 2. The number of benzene rings is 1. The van der Waals surface area contributed by atoms with Gasteiger partial charge in [0.15, 0.2) is 10.7 Å². The minimum absolute atomic E-state index is 0.180. The number of anilines is 1. The summed E-state index contributed by atoms with van der Waals surface area (Å²) in [6, 6.07) is 7.53. The van der Waals surface area contributed by atoms with E-state index in [-0.39, 0.29) is 4.90 Å². The molecule has 2 heterocycles. The van der Waals surface area contributed by atoms with Crippen LogP contribution in [0.3, 0.4) is 0 Å². The van der Waals surface area contributed by atoms with E-state index in [9.17, 15) is 8.42 Å². The molecule has 5 nitrogen and oxygen atoms in total. The Bertz CT molecular complexity index is 733. The summed E-state index contributed by atoms with van der Waals surface area (Å²) in [4.78, 5) is 1.16. The number of aryl methyl sites for hydroxylation is 2. The fourth-order valence-corrected chi connectivity index (χ4v) is 5.30. The molecule has 7 heteroatoms. The first-order valence-electron chi connectivity index (χ1n) is 6.19. The van der Waals surface area contributed by atoms with Crippen molar-refractivity contribution in [2.45, 2.75) is 23.6 Å². The zero-order valence-electron chi connectivity index (χ0n) is 11.2. The molecule has 0 bridgehead atoms. The number of para-hydroxylation sites is 1. The highest BCUT2D eigenvalue weighted by molar-refractivity contribution is 8.00. The van der Waals surface area contributed by atoms with Gasteiger partial charge in [-0.25, -0.2) is 8.42 Å². The minimum Gasteiger partial charge on any atom is -0.360 e. The SMILES string of the molecule is Cc1noc(C)c1S(=O)(=O)N1CCSc2ccccc21. The van der Waals surface area contributed by atoms with Crippen LogP contribution in [-0.2, 0) is 10.0 Å². The van der Waals surface area contributed by atoms with Crippen molar-refractivity contribution < 1.29 is 12.9 Å². The summed E-state index contributed by atoms with van der Waals surface area (Å²) in [6.45, 7) is 3.72. The molecule has 0 N–H and O–H groups in total. The molecular weight excluding hydrogens is 296 g/mol. The lowest BCUT2D eigenvalue weighted by atomic mass is 10.3. The van der Waals surface area contributed by atoms with Crippen LogP contribution in [0.1, 0.15) is 11.5 Å². The first-order chi connectivity index (χ1) is 9.51. The van der Waals surface area contributed by atoms with Gasteiger partial charge in [-0.3, -0.25) is 4.31 Å². The van der Waals surface area contributed by atoms with Crippen LogP contribution < -0.4 is 4.31 Å². The molecule has 0 saturated heterocycles. The lowest BCUT2D eigenvalue weighted by Gasteiger charge is -2.29. The van der Waals surface area contributed by atoms with Crippen LogP contribution in [0.15, 0.2) is 38.6 Å². The van der Waals surface area contributed by atoms with Gasteiger partial charge in [-0.1, -0.05) is 17.3 Å². The number of sulfonamides is 1. The Morgan fingerprint density at radius 2 is 2.05 bits per heavy atom. The van der Waals surface area contributed by atoms with E-state index in [1.165, 1.54) is 4.31 Å². The van der Waals surface area contributed by atoms with Crippen LogP contribution in [0.2, 0.25) is 0 Å². The highest BCUT2D eigenvalue weighted by Gasteiger charge is 2.33. The summed E-state index contributed by atoms with van der Waals surface area (Å²) < 4.78 is 32.2. The molecule has 20 heavy (non-hydrogen) atoms. The molecule has 0 amide bonds. The predicted molar refractivity (Wildman–Crippen MR) is 77.7 cm³/mol. The van der Waals surface area contributed by atoms with E-state index in [2.05, 4.69) is 5.16 Å². The Hall–Kier alpha value is -1.47. The molecule has 0 spiro atoms. The Morgan fingerprint density at radius 1 is 1.30 bits per heavy atom. The summed E-state index contributed by atoms with van der Waals surface area (Å²) in [5, 5.41) is 3.75. The van der Waals surface area contributed by atoms with Crippen molar-refractivity contribution >= 4 is 27.5 Å². The smallest absolute Gasteiger partial charge is 0.269 e. The van der Waals surface area contributed by atoms with Crippen LogP contribution in [0.5, 0.6) is 0 Å². The molecule has 1 aromatic heterocycles. The highest BCUT2D eigenvalue weighted by Crippen LogP contribution is 2.38. The summed E-state index contributed by atoms with van der Waals surface area (Å²) in [7, 11) is -3.63. The Labute approximate surface area is 122 Å². The molecule has 0 aliphatic carbocycles. The number of aromatic nitrogens is 1. The molecule has 2 aromatic rings. The van der Waals surface area contributed by atoms with Gasteiger partial charge in [-0.2, -0.15) is 0 Å². The Morgan fingerprint density at radius 3 is 2.75 bits per heavy atom. The molecule has 1 aliphatic heterocycles. The van der Waals surface area contributed by atoms with Gasteiger partial charge >= 0.3 is 0 Å². The summed E-state index contributed by atoms with van der Waals surface area (Å²) in [5.41, 5.74) is 1.13. The van der Waals surface area contributed by atoms with E-state index < -0.39 is 10.0 Å². The zero-order valence-corrected chi connectivity index (χ0v) is 12.8. The maximum Gasteiger partial charge on any atom is 0.269 e. The second-order valence-corrected chi connectivity index (χ2v) is 7.48. The van der Waals surface area contributed by atoms with Crippen molar-refractivity contribution in [3.05, 3.63) is 35.7 Å². The van der Waals surface area contributed by atoms with E-state index in [1.807, 2.05) is 24.3 Å². The third kappa shape index (κ3) is 2.01. The van der Waals surface area contributed by atoms with Gasteiger partial charge in [0.25, 0.3) is 10.0 Å². The van der Waals surface area contributed by atoms with E-state index >= 15 is 0 Å². The molecular formula is C13H14N2O3S2. The van der Waals surface area contributed by atoms with Crippen molar-refractivity contribution in [1.29, 1.82) is 0 Å². The fraction of sp³-hybridized carbons (Fsp3) is 0.308. The van der Waals surface area contributed by atoms with E-state index in [0.717, 1.165) is 16.3 Å². The summed E-state index contributed by atoms with van der Waals surface area (Å²) in [6.07, 6.45) is 0. The van der Waals surface area contributed by atoms with Gasteiger partial charge in [-0.15, -0.1) is 11.8 Å². The molecule has 0 atom stereocenters. The Kier molecular flexibility index (Phi) is 3.25. The van der Waals surface area contributed by atoms with Gasteiger partial charge in [0.05, 0.1) is 5.69 Å². The van der Waals surface area contributed by atoms with Crippen LogP contribution in [0.25, 0.3) is 0 Å². The van der Waals surface area contributed by atoms with Crippen molar-refractivity contribution in [2.24, 2.45) is 0 Å². The van der Waals surface area contributed by atoms with Crippen LogP contribution in [0, 0.1) is 13.8 Å². The summed E-state index contributed by atoms with van der Waals surface area (Å²) in [5.74, 6) is 1.07. The topological polar surface area (TPSA) is 63.4 Å². The number of nitrogens with zero attached hydrogens (tertiary/aromatic N) is 2. The van der Waals surface area contributed by atoms with Crippen LogP contribution in [0.4, 0.5) is 5.69 Å². The van der Waals surface area contributed by atoms with E-state index in [0.29, 0.717) is 18.0 Å². The molecule has 1 aromatic carbocycles. The van der Waals surface area contributed by atoms with E-state index in [1.54, 1.807) is 25.6 Å². The van der Waals surface area contributed by atoms with Gasteiger partial charge in [0.1, 0.15) is 5.69 Å². The zero-order chi connectivity index (χ0) is 14.3. The van der Waals surface area contributed by atoms with Gasteiger partial charge in [0.2, 0.25) is 0 Å². The van der Waals surface area contributed by atoms with Crippen molar-refractivity contribution in [3.63, 3.8) is 0 Å². The van der Waals surface area contributed by atoms with Gasteiger partial charge in [-0.05, 0) is 26.0 Å². The molecule has 0 unspecified atom stereocenters. The largest absolute Gasteiger partial charge is 0.360 e. The predicted octanol–water partition coefficient (Wildman–Crippen LogP) is 2.59. The second-order valence-electron chi connectivity index (χ2n) is 4.55. The average Bonchev–Trinajstić information content (AvgIpc) is 2.78. The van der Waals surface area contributed by atoms with Crippen LogP contribution >= 0.6 is 11.8 Å². The molecule has 0 fully saturated rings. The maximum absolute atomic E-state index is 12.9. The summed E-state index contributed by atoms with van der Waals surface area (Å²) >= 11 is 1.67. The molecule has 3 rings (SSSR count). The highest BCUT2D eigenvalue weighted by atomic mass is 32.2. The van der Waals surface area contributed by atoms with Gasteiger partial charge in [0, 0.05) is 17.2 Å². The number of thioether (sulfide) groups is 1. The lowest BCUT2D eigenvalue weighted by molar-refractivity contribution is 0.390. The van der Waals surface area contributed by atoms with Crippen LogP contribution in [-0.4, -0.2) is 25.9 Å². The first kappa shape index (κ1) is 13.5. The number of hydrogen-bond donors (Lipinski definition) is 0. The van der Waals surface area contributed by atoms with Gasteiger partial charge < -0.3 is 4.52 Å². The third-order valence-corrected chi connectivity index (χ3v) is 6.30. The fourth-order valence-electron chi connectivity index (χ4n) is 2.35. The number of fused-ring (bicyclic) bond motifs is 1. The lowest BCUT2D eigenvalue weighted by Crippen LogP contribution is -2.35. The number of hydrogen-bond acceptors (Lipinski definition) is 5. The Balaban J connectivity index is 2.15. The quantitative estimate of drug-likeness (QED) is 0.853. The maximum atomic E-state index is 12.9. The molecule has 106 valence electrons. The normalized spacial score (nSPS) is 15.2. The van der Waals surface area contributed by atoms with E-state index in [4.69, 9.17) is 4.52 Å².